The summed E-state index contributed by atoms with van der Waals surface area (Å²) >= 11 is 0. The first-order chi connectivity index (χ1) is 10.2. The lowest BCUT2D eigenvalue weighted by atomic mass is 10.0. The topological polar surface area (TPSA) is 32.3 Å². The van der Waals surface area contributed by atoms with E-state index in [0.717, 1.165) is 32.4 Å². The minimum Gasteiger partial charge on any atom is -0.341 e. The smallest absolute Gasteiger partial charge is 0.222 e. The van der Waals surface area contributed by atoms with Crippen LogP contribution < -0.4 is 5.32 Å². The highest BCUT2D eigenvalue weighted by Gasteiger charge is 2.22. The van der Waals surface area contributed by atoms with E-state index in [-0.39, 0.29) is 17.8 Å². The molecule has 1 atom stereocenters. The first-order valence-electron chi connectivity index (χ1n) is 7.98. The van der Waals surface area contributed by atoms with Gasteiger partial charge in [0.05, 0.1) is 6.04 Å². The van der Waals surface area contributed by atoms with E-state index in [1.54, 1.807) is 12.1 Å². The second-order valence-corrected chi connectivity index (χ2v) is 5.64. The molecule has 1 saturated heterocycles. The number of hydrogen-bond acceptors (Lipinski definition) is 2. The number of carbonyl (C=O) groups excluding carboxylic acids is 1. The zero-order valence-electron chi connectivity index (χ0n) is 12.8. The number of likely N-dealkylation sites (tertiary alicyclic amines) is 1. The maximum Gasteiger partial charge on any atom is 0.222 e. The molecule has 1 amide bonds. The molecule has 1 aromatic carbocycles. The van der Waals surface area contributed by atoms with E-state index >= 15 is 0 Å². The van der Waals surface area contributed by atoms with Crippen molar-refractivity contribution in [2.75, 3.05) is 19.6 Å². The average molecular weight is 292 g/mol. The Labute approximate surface area is 126 Å². The summed E-state index contributed by atoms with van der Waals surface area (Å²) in [6.45, 7) is 4.09. The van der Waals surface area contributed by atoms with Crippen LogP contribution in [-0.4, -0.2) is 30.4 Å². The second kappa shape index (κ2) is 8.13. The van der Waals surface area contributed by atoms with Gasteiger partial charge < -0.3 is 10.2 Å². The molecular weight excluding hydrogens is 267 g/mol. The van der Waals surface area contributed by atoms with Crippen molar-refractivity contribution in [3.05, 3.63) is 35.6 Å². The molecule has 1 aliphatic heterocycles. The van der Waals surface area contributed by atoms with Crippen LogP contribution in [-0.2, 0) is 4.79 Å². The van der Waals surface area contributed by atoms with Crippen LogP contribution in [0.15, 0.2) is 24.3 Å². The molecule has 21 heavy (non-hydrogen) atoms. The number of rotatable bonds is 5. The number of carbonyl (C=O) groups is 1. The largest absolute Gasteiger partial charge is 0.341 e. The molecule has 0 radical (unpaired) electrons. The number of likely N-dealkylation sites (N-methyl/N-ethyl adjacent to an activating group) is 1. The predicted octanol–water partition coefficient (Wildman–Crippen LogP) is 3.27. The van der Waals surface area contributed by atoms with Crippen LogP contribution in [0.25, 0.3) is 0 Å². The third-order valence-electron chi connectivity index (χ3n) is 4.06. The zero-order valence-corrected chi connectivity index (χ0v) is 12.8. The fraction of sp³-hybridized carbons (Fsp3) is 0.588. The summed E-state index contributed by atoms with van der Waals surface area (Å²) in [7, 11) is 0. The van der Waals surface area contributed by atoms with Crippen LogP contribution in [0, 0.1) is 5.82 Å². The van der Waals surface area contributed by atoms with Crippen molar-refractivity contribution in [1.29, 1.82) is 0 Å². The molecule has 0 bridgehead atoms. The number of nitrogens with zero attached hydrogens (tertiary/aromatic N) is 1. The van der Waals surface area contributed by atoms with Gasteiger partial charge in [-0.2, -0.15) is 0 Å². The molecule has 3 nitrogen and oxygen atoms in total. The van der Waals surface area contributed by atoms with Gasteiger partial charge in [-0.3, -0.25) is 4.79 Å². The minimum absolute atomic E-state index is 0.139. The Bertz CT molecular complexity index is 464. The van der Waals surface area contributed by atoms with Gasteiger partial charge in [0.2, 0.25) is 5.91 Å². The summed E-state index contributed by atoms with van der Waals surface area (Å²) in [4.78, 5) is 14.1. The van der Waals surface area contributed by atoms with Gasteiger partial charge in [0, 0.05) is 25.1 Å². The van der Waals surface area contributed by atoms with Crippen molar-refractivity contribution in [2.24, 2.45) is 0 Å². The Morgan fingerprint density at radius 2 is 2.00 bits per heavy atom. The lowest BCUT2D eigenvalue weighted by Gasteiger charge is -2.30. The Kier molecular flexibility index (Phi) is 6.18. The molecule has 0 spiro atoms. The number of amides is 1. The Balaban J connectivity index is 2.11. The van der Waals surface area contributed by atoms with E-state index in [1.807, 2.05) is 17.9 Å². The predicted molar refractivity (Wildman–Crippen MR) is 82.5 cm³/mol. The van der Waals surface area contributed by atoms with Gasteiger partial charge in [0.15, 0.2) is 0 Å². The van der Waals surface area contributed by atoms with E-state index in [1.165, 1.54) is 12.5 Å². The molecular formula is C17H25FN2O. The van der Waals surface area contributed by atoms with Crippen molar-refractivity contribution < 1.29 is 9.18 Å². The molecule has 4 heteroatoms. The van der Waals surface area contributed by atoms with E-state index < -0.39 is 0 Å². The Morgan fingerprint density at radius 3 is 2.76 bits per heavy atom. The average Bonchev–Trinajstić information content (AvgIpc) is 2.47. The molecule has 116 valence electrons. The third kappa shape index (κ3) is 4.53. The summed E-state index contributed by atoms with van der Waals surface area (Å²) in [6, 6.07) is 6.69. The monoisotopic (exact) mass is 292 g/mol. The fourth-order valence-electron chi connectivity index (χ4n) is 2.91. The summed E-state index contributed by atoms with van der Waals surface area (Å²) < 4.78 is 14.0. The molecule has 1 aromatic rings. The highest BCUT2D eigenvalue weighted by Crippen LogP contribution is 2.20. The van der Waals surface area contributed by atoms with Crippen molar-refractivity contribution in [3.8, 4) is 0 Å². The van der Waals surface area contributed by atoms with Crippen molar-refractivity contribution in [3.63, 3.8) is 0 Å². The Morgan fingerprint density at radius 1 is 1.24 bits per heavy atom. The van der Waals surface area contributed by atoms with Crippen molar-refractivity contribution in [1.82, 2.24) is 10.2 Å². The van der Waals surface area contributed by atoms with E-state index in [4.69, 9.17) is 0 Å². The first-order valence-corrected chi connectivity index (χ1v) is 7.98. The number of nitrogens with one attached hydrogen (secondary N) is 1. The van der Waals surface area contributed by atoms with Gasteiger partial charge in [0.25, 0.3) is 0 Å². The maximum absolute atomic E-state index is 14.0. The molecule has 1 heterocycles. The van der Waals surface area contributed by atoms with Gasteiger partial charge in [-0.05, 0) is 25.5 Å². The number of halogens is 1. The van der Waals surface area contributed by atoms with Crippen LogP contribution in [0.5, 0.6) is 0 Å². The first kappa shape index (κ1) is 16.0. The van der Waals surface area contributed by atoms with Crippen LogP contribution in [0.3, 0.4) is 0 Å². The van der Waals surface area contributed by atoms with Crippen LogP contribution in [0.4, 0.5) is 4.39 Å². The normalized spacial score (nSPS) is 18.2. The summed E-state index contributed by atoms with van der Waals surface area (Å²) in [5.74, 6) is -0.00288. The lowest BCUT2D eigenvalue weighted by molar-refractivity contribution is -0.132. The highest BCUT2D eigenvalue weighted by atomic mass is 19.1. The van der Waals surface area contributed by atoms with Crippen molar-refractivity contribution in [2.45, 2.75) is 45.1 Å². The van der Waals surface area contributed by atoms with Gasteiger partial charge in [-0.15, -0.1) is 0 Å². The van der Waals surface area contributed by atoms with Crippen LogP contribution in [0.1, 0.15) is 50.6 Å². The van der Waals surface area contributed by atoms with E-state index in [0.29, 0.717) is 18.5 Å². The molecule has 1 unspecified atom stereocenters. The van der Waals surface area contributed by atoms with E-state index in [2.05, 4.69) is 5.32 Å². The second-order valence-electron chi connectivity index (χ2n) is 5.64. The van der Waals surface area contributed by atoms with E-state index in [9.17, 15) is 9.18 Å². The SMILES string of the molecule is CCNC(CN1CCCCCCC1=O)c1ccccc1F. The van der Waals surface area contributed by atoms with Crippen LogP contribution >= 0.6 is 0 Å². The highest BCUT2D eigenvalue weighted by molar-refractivity contribution is 5.76. The zero-order chi connectivity index (χ0) is 15.1. The number of hydrogen-bond donors (Lipinski definition) is 1. The quantitative estimate of drug-likeness (QED) is 0.903. The molecule has 0 aliphatic carbocycles. The standard InChI is InChI=1S/C17H25FN2O/c1-2-19-16(14-9-6-7-10-15(14)18)13-20-12-8-4-3-5-11-17(20)21/h6-7,9-10,16,19H,2-5,8,11-13H2,1H3. The van der Waals surface area contributed by atoms with Gasteiger partial charge in [0.1, 0.15) is 5.82 Å². The van der Waals surface area contributed by atoms with Crippen LogP contribution in [0.2, 0.25) is 0 Å². The lowest BCUT2D eigenvalue weighted by Crippen LogP contribution is -2.40. The fourth-order valence-corrected chi connectivity index (χ4v) is 2.91. The molecule has 2 rings (SSSR count). The maximum atomic E-state index is 14.0. The minimum atomic E-state index is -0.206. The van der Waals surface area contributed by atoms with Gasteiger partial charge >= 0.3 is 0 Å². The summed E-state index contributed by atoms with van der Waals surface area (Å²) in [6.07, 6.45) is 4.96. The molecule has 0 saturated carbocycles. The molecule has 1 fully saturated rings. The summed E-state index contributed by atoms with van der Waals surface area (Å²) in [5, 5.41) is 3.31. The molecule has 1 N–H and O–H groups in total. The van der Waals surface area contributed by atoms with Crippen molar-refractivity contribution >= 4 is 5.91 Å². The Hall–Kier alpha value is -1.42. The molecule has 1 aliphatic rings. The summed E-state index contributed by atoms with van der Waals surface area (Å²) in [5.41, 5.74) is 0.647. The van der Waals surface area contributed by atoms with Gasteiger partial charge in [-0.1, -0.05) is 38.0 Å². The molecule has 0 aromatic heterocycles. The number of benzene rings is 1. The van der Waals surface area contributed by atoms with Gasteiger partial charge in [-0.25, -0.2) is 4.39 Å². The third-order valence-corrected chi connectivity index (χ3v) is 4.06.